The Morgan fingerprint density at radius 3 is 2.70 bits per heavy atom. The van der Waals surface area contributed by atoms with E-state index < -0.39 is 11.8 Å². The highest BCUT2D eigenvalue weighted by Crippen LogP contribution is 2.40. The fraction of sp³-hybridized carbons (Fsp3) is 0.379. The largest absolute Gasteiger partial charge is 0.497 e. The Balaban J connectivity index is 1.39. The minimum absolute atomic E-state index is 0.146. The Kier molecular flexibility index (Phi) is 8.91. The number of ether oxygens (including phenoxy) is 1. The molecule has 4 rings (SSSR count). The maximum absolute atomic E-state index is 13.5. The summed E-state index contributed by atoms with van der Waals surface area (Å²) in [6.45, 7) is 2.07. The minimum atomic E-state index is -0.770. The number of pyridine rings is 1. The topological polar surface area (TPSA) is 62.7 Å². The molecule has 2 heterocycles. The SMILES string of the molecule is COc1ccc2ncc(Cl)c(CCCC3(CC(=O)O)CCN(CC#Cc4cc(F)cc(Cl)c4)CC3)c2c1. The van der Waals surface area contributed by atoms with Crippen LogP contribution in [0.5, 0.6) is 5.75 Å². The number of hydrogen-bond acceptors (Lipinski definition) is 4. The van der Waals surface area contributed by atoms with Crippen molar-refractivity contribution in [2.45, 2.75) is 38.5 Å². The van der Waals surface area contributed by atoms with Crippen LogP contribution in [0, 0.1) is 23.1 Å². The zero-order valence-electron chi connectivity index (χ0n) is 20.7. The van der Waals surface area contributed by atoms with Gasteiger partial charge in [0.25, 0.3) is 0 Å². The first kappa shape index (κ1) is 27.2. The number of likely N-dealkylation sites (tertiary alicyclic amines) is 1. The van der Waals surface area contributed by atoms with Crippen molar-refractivity contribution in [3.8, 4) is 17.6 Å². The molecule has 0 amide bonds. The number of halogens is 3. The molecular weight excluding hydrogens is 514 g/mol. The minimum Gasteiger partial charge on any atom is -0.497 e. The standard InChI is InChI=1S/C29H29Cl2FN2O3/c1-37-23-6-7-27-25(17-23)24(26(31)19-33-27)5-2-8-29(18-28(35)36)9-12-34(13-10-29)11-3-4-20-14-21(30)16-22(32)15-20/h6-7,14-17,19H,2,5,8-13,18H2,1H3,(H,35,36). The normalized spacial score (nSPS) is 15.2. The molecule has 194 valence electrons. The van der Waals surface area contributed by atoms with E-state index in [0.29, 0.717) is 22.2 Å². The van der Waals surface area contributed by atoms with Crippen molar-refractivity contribution in [2.24, 2.45) is 5.41 Å². The summed E-state index contributed by atoms with van der Waals surface area (Å²) in [6.07, 6.45) is 5.74. The smallest absolute Gasteiger partial charge is 0.303 e. The van der Waals surface area contributed by atoms with Crippen LogP contribution < -0.4 is 4.74 Å². The predicted octanol–water partition coefficient (Wildman–Crippen LogP) is 6.62. The summed E-state index contributed by atoms with van der Waals surface area (Å²) in [5.41, 5.74) is 2.15. The number of nitrogens with zero attached hydrogens (tertiary/aromatic N) is 2. The van der Waals surface area contributed by atoms with E-state index in [4.69, 9.17) is 27.9 Å². The van der Waals surface area contributed by atoms with Gasteiger partial charge in [0.1, 0.15) is 11.6 Å². The zero-order chi connectivity index (χ0) is 26.4. The van der Waals surface area contributed by atoms with Crippen molar-refractivity contribution < 1.29 is 19.0 Å². The van der Waals surface area contributed by atoms with Gasteiger partial charge < -0.3 is 9.84 Å². The van der Waals surface area contributed by atoms with Crippen LogP contribution in [0.2, 0.25) is 10.0 Å². The summed E-state index contributed by atoms with van der Waals surface area (Å²) in [5, 5.41) is 11.5. The third-order valence-electron chi connectivity index (χ3n) is 7.11. The number of piperidine rings is 1. The van der Waals surface area contributed by atoms with Crippen LogP contribution in [0.15, 0.2) is 42.6 Å². The van der Waals surface area contributed by atoms with E-state index in [-0.39, 0.29) is 11.8 Å². The molecule has 0 saturated carbocycles. The lowest BCUT2D eigenvalue weighted by Gasteiger charge is -2.40. The van der Waals surface area contributed by atoms with Crippen LogP contribution in [0.3, 0.4) is 0 Å². The van der Waals surface area contributed by atoms with Crippen LogP contribution >= 0.6 is 23.2 Å². The highest BCUT2D eigenvalue weighted by atomic mass is 35.5. The van der Waals surface area contributed by atoms with Crippen molar-refractivity contribution >= 4 is 40.1 Å². The van der Waals surface area contributed by atoms with E-state index in [0.717, 1.165) is 67.4 Å². The molecule has 1 N–H and O–H groups in total. The monoisotopic (exact) mass is 542 g/mol. The summed E-state index contributed by atoms with van der Waals surface area (Å²) in [7, 11) is 1.63. The first-order chi connectivity index (χ1) is 17.8. The molecule has 0 unspecified atom stereocenters. The van der Waals surface area contributed by atoms with Gasteiger partial charge >= 0.3 is 5.97 Å². The van der Waals surface area contributed by atoms with Gasteiger partial charge in [-0.2, -0.15) is 0 Å². The molecule has 0 bridgehead atoms. The van der Waals surface area contributed by atoms with E-state index in [2.05, 4.69) is 21.7 Å². The van der Waals surface area contributed by atoms with E-state index in [1.807, 2.05) is 18.2 Å². The van der Waals surface area contributed by atoms with Gasteiger partial charge in [0.15, 0.2) is 0 Å². The molecule has 1 aromatic heterocycles. The number of carboxylic acid groups (broad SMARTS) is 1. The number of hydrogen-bond donors (Lipinski definition) is 1. The molecule has 0 atom stereocenters. The number of aryl methyl sites for hydroxylation is 1. The highest BCUT2D eigenvalue weighted by Gasteiger charge is 2.36. The lowest BCUT2D eigenvalue weighted by Crippen LogP contribution is -2.41. The molecular formula is C29H29Cl2FN2O3. The number of carbonyl (C=O) groups is 1. The second-order valence-electron chi connectivity index (χ2n) is 9.63. The average Bonchev–Trinajstić information content (AvgIpc) is 2.85. The van der Waals surface area contributed by atoms with Crippen LogP contribution in [-0.4, -0.2) is 47.7 Å². The van der Waals surface area contributed by atoms with Gasteiger partial charge in [0.2, 0.25) is 0 Å². The Hall–Kier alpha value is -2.85. The van der Waals surface area contributed by atoms with Gasteiger partial charge in [0, 0.05) is 22.2 Å². The summed E-state index contributed by atoms with van der Waals surface area (Å²) in [6, 6.07) is 10.00. The molecule has 1 saturated heterocycles. The highest BCUT2D eigenvalue weighted by molar-refractivity contribution is 6.32. The molecule has 2 aromatic carbocycles. The lowest BCUT2D eigenvalue weighted by molar-refractivity contribution is -0.140. The molecule has 5 nitrogen and oxygen atoms in total. The van der Waals surface area contributed by atoms with Crippen molar-refractivity contribution in [3.05, 3.63) is 69.6 Å². The average molecular weight is 543 g/mol. The van der Waals surface area contributed by atoms with E-state index in [9.17, 15) is 14.3 Å². The quantitative estimate of drug-likeness (QED) is 0.324. The van der Waals surface area contributed by atoms with Crippen LogP contribution in [-0.2, 0) is 11.2 Å². The second-order valence-corrected chi connectivity index (χ2v) is 10.5. The molecule has 1 aliphatic heterocycles. The lowest BCUT2D eigenvalue weighted by atomic mass is 9.72. The first-order valence-corrected chi connectivity index (χ1v) is 13.0. The summed E-state index contributed by atoms with van der Waals surface area (Å²) < 4.78 is 18.9. The van der Waals surface area contributed by atoms with Gasteiger partial charge in [-0.15, -0.1) is 0 Å². The molecule has 8 heteroatoms. The third kappa shape index (κ3) is 7.13. The first-order valence-electron chi connectivity index (χ1n) is 12.3. The van der Waals surface area contributed by atoms with E-state index in [1.165, 1.54) is 12.1 Å². The Bertz CT molecular complexity index is 1320. The molecule has 3 aromatic rings. The van der Waals surface area contributed by atoms with Crippen LogP contribution in [0.4, 0.5) is 4.39 Å². The van der Waals surface area contributed by atoms with Crippen molar-refractivity contribution in [2.75, 3.05) is 26.7 Å². The fourth-order valence-electron chi connectivity index (χ4n) is 5.12. The molecule has 0 spiro atoms. The molecule has 0 aliphatic carbocycles. The number of methoxy groups -OCH3 is 1. The number of carboxylic acids is 1. The maximum atomic E-state index is 13.5. The van der Waals surface area contributed by atoms with Crippen molar-refractivity contribution in [1.82, 2.24) is 9.88 Å². The number of rotatable bonds is 8. The molecule has 1 fully saturated rings. The van der Waals surface area contributed by atoms with E-state index >= 15 is 0 Å². The number of benzene rings is 2. The molecule has 1 aliphatic rings. The zero-order valence-corrected chi connectivity index (χ0v) is 22.2. The molecule has 37 heavy (non-hydrogen) atoms. The maximum Gasteiger partial charge on any atom is 0.303 e. The Morgan fingerprint density at radius 2 is 2.00 bits per heavy atom. The summed E-state index contributed by atoms with van der Waals surface area (Å²) in [4.78, 5) is 18.4. The third-order valence-corrected chi connectivity index (χ3v) is 7.65. The summed E-state index contributed by atoms with van der Waals surface area (Å²) in [5.74, 6) is 5.63. The van der Waals surface area contributed by atoms with Gasteiger partial charge in [-0.05, 0) is 92.6 Å². The van der Waals surface area contributed by atoms with Crippen LogP contribution in [0.25, 0.3) is 10.9 Å². The van der Waals surface area contributed by atoms with Gasteiger partial charge in [-0.25, -0.2) is 4.39 Å². The number of aliphatic carboxylic acids is 1. The number of fused-ring (bicyclic) bond motifs is 1. The van der Waals surface area contributed by atoms with E-state index in [1.54, 1.807) is 19.4 Å². The van der Waals surface area contributed by atoms with Gasteiger partial charge in [-0.3, -0.25) is 14.7 Å². The van der Waals surface area contributed by atoms with Gasteiger partial charge in [0.05, 0.1) is 30.6 Å². The second kappa shape index (κ2) is 12.1. The molecule has 0 radical (unpaired) electrons. The van der Waals surface area contributed by atoms with Crippen molar-refractivity contribution in [3.63, 3.8) is 0 Å². The Morgan fingerprint density at radius 1 is 1.22 bits per heavy atom. The Labute approximate surface area is 226 Å². The van der Waals surface area contributed by atoms with Crippen LogP contribution in [0.1, 0.15) is 43.2 Å². The number of aromatic nitrogens is 1. The predicted molar refractivity (Wildman–Crippen MR) is 145 cm³/mol. The summed E-state index contributed by atoms with van der Waals surface area (Å²) >= 11 is 12.4. The van der Waals surface area contributed by atoms with Crippen molar-refractivity contribution in [1.29, 1.82) is 0 Å². The fourth-order valence-corrected chi connectivity index (χ4v) is 5.59. The van der Waals surface area contributed by atoms with Gasteiger partial charge in [-0.1, -0.05) is 35.0 Å².